The number of rotatable bonds is 13. The van der Waals surface area contributed by atoms with Crippen LogP contribution in [0.3, 0.4) is 0 Å². The third-order valence-corrected chi connectivity index (χ3v) is 4.60. The predicted octanol–water partition coefficient (Wildman–Crippen LogP) is -1.24. The molecule has 4 unspecified atom stereocenters. The van der Waals surface area contributed by atoms with Crippen molar-refractivity contribution >= 4 is 41.4 Å². The van der Waals surface area contributed by atoms with Crippen molar-refractivity contribution < 1.29 is 34.2 Å². The first-order valence-corrected chi connectivity index (χ1v) is 10.4. The molecule has 0 rings (SSSR count). The van der Waals surface area contributed by atoms with Crippen LogP contribution in [0, 0.1) is 5.92 Å². The topological polar surface area (TPSA) is 188 Å². The Morgan fingerprint density at radius 1 is 0.931 bits per heavy atom. The molecule has 11 nitrogen and oxygen atoms in total. The number of carboxylic acid groups (broad SMARTS) is 2. The lowest BCUT2D eigenvalue weighted by Gasteiger charge is -2.25. The molecule has 0 aliphatic rings. The molecule has 0 aromatic heterocycles. The van der Waals surface area contributed by atoms with E-state index >= 15 is 0 Å². The summed E-state index contributed by atoms with van der Waals surface area (Å²) in [6, 6.07) is -4.51. The van der Waals surface area contributed by atoms with Gasteiger partial charge in [-0.1, -0.05) is 13.8 Å². The van der Waals surface area contributed by atoms with Gasteiger partial charge in [0.25, 0.3) is 0 Å². The lowest BCUT2D eigenvalue weighted by atomic mass is 10.0. The van der Waals surface area contributed by atoms with Gasteiger partial charge in [-0.25, -0.2) is 4.79 Å². The standard InChI is InChI=1S/C17H30N4O7S/c1-8(2)13(16(26)20-11(17(27)28)5-6-29-4)21-14(24)9(3)19-15(25)10(18)7-12(22)23/h8-11,13H,5-7,18H2,1-4H3,(H,19,25)(H,20,26)(H,21,24)(H,22,23)(H,27,28). The van der Waals surface area contributed by atoms with Crippen molar-refractivity contribution in [3.8, 4) is 0 Å². The third kappa shape index (κ3) is 10.1. The molecule has 0 saturated heterocycles. The molecule has 166 valence electrons. The van der Waals surface area contributed by atoms with Gasteiger partial charge in [-0.05, 0) is 31.3 Å². The van der Waals surface area contributed by atoms with Crippen LogP contribution in [0.1, 0.15) is 33.6 Å². The van der Waals surface area contributed by atoms with Crippen molar-refractivity contribution in [3.05, 3.63) is 0 Å². The summed E-state index contributed by atoms with van der Waals surface area (Å²) in [7, 11) is 0. The summed E-state index contributed by atoms with van der Waals surface area (Å²) in [5, 5.41) is 25.1. The van der Waals surface area contributed by atoms with E-state index in [2.05, 4.69) is 16.0 Å². The van der Waals surface area contributed by atoms with E-state index in [1.165, 1.54) is 18.7 Å². The zero-order chi connectivity index (χ0) is 22.7. The van der Waals surface area contributed by atoms with Crippen molar-refractivity contribution in [3.63, 3.8) is 0 Å². The number of carbonyl (C=O) groups excluding carboxylic acids is 3. The van der Waals surface area contributed by atoms with Crippen LogP contribution in [0.2, 0.25) is 0 Å². The van der Waals surface area contributed by atoms with Crippen molar-refractivity contribution in [2.45, 2.75) is 57.8 Å². The fourth-order valence-corrected chi connectivity index (χ4v) is 2.71. The first-order chi connectivity index (χ1) is 13.4. The van der Waals surface area contributed by atoms with Gasteiger partial charge >= 0.3 is 11.9 Å². The molecule has 0 saturated carbocycles. The number of carboxylic acids is 2. The zero-order valence-electron chi connectivity index (χ0n) is 16.9. The molecule has 0 radical (unpaired) electrons. The lowest BCUT2D eigenvalue weighted by molar-refractivity contribution is -0.142. The van der Waals surface area contributed by atoms with Gasteiger partial charge < -0.3 is 31.9 Å². The summed E-state index contributed by atoms with van der Waals surface area (Å²) in [6.45, 7) is 4.71. The van der Waals surface area contributed by atoms with Crippen LogP contribution >= 0.6 is 11.8 Å². The quantitative estimate of drug-likeness (QED) is 0.206. The highest BCUT2D eigenvalue weighted by molar-refractivity contribution is 7.98. The summed E-state index contributed by atoms with van der Waals surface area (Å²) in [4.78, 5) is 58.6. The molecule has 0 spiro atoms. The minimum absolute atomic E-state index is 0.231. The molecule has 0 aromatic carbocycles. The highest BCUT2D eigenvalue weighted by Crippen LogP contribution is 2.06. The van der Waals surface area contributed by atoms with Gasteiger partial charge in [-0.15, -0.1) is 0 Å². The maximum atomic E-state index is 12.5. The van der Waals surface area contributed by atoms with Crippen molar-refractivity contribution in [1.29, 1.82) is 0 Å². The number of hydrogen-bond donors (Lipinski definition) is 6. The van der Waals surface area contributed by atoms with E-state index in [0.717, 1.165) is 0 Å². The molecule has 29 heavy (non-hydrogen) atoms. The molecular weight excluding hydrogens is 404 g/mol. The van der Waals surface area contributed by atoms with Gasteiger partial charge in [0, 0.05) is 0 Å². The van der Waals surface area contributed by atoms with Crippen LogP contribution < -0.4 is 21.7 Å². The molecule has 4 atom stereocenters. The van der Waals surface area contributed by atoms with Crippen molar-refractivity contribution in [2.24, 2.45) is 11.7 Å². The number of thioether (sulfide) groups is 1. The molecule has 0 aromatic rings. The Morgan fingerprint density at radius 2 is 1.52 bits per heavy atom. The Hall–Kier alpha value is -2.34. The average molecular weight is 435 g/mol. The van der Waals surface area contributed by atoms with Crippen LogP contribution in [-0.4, -0.2) is 76.0 Å². The molecule has 0 aliphatic carbocycles. The zero-order valence-corrected chi connectivity index (χ0v) is 17.7. The summed E-state index contributed by atoms with van der Waals surface area (Å²) in [5.41, 5.74) is 5.44. The Bertz CT molecular complexity index is 615. The van der Waals surface area contributed by atoms with Crippen LogP contribution in [0.4, 0.5) is 0 Å². The van der Waals surface area contributed by atoms with E-state index < -0.39 is 60.2 Å². The Balaban J connectivity index is 4.98. The normalized spacial score (nSPS) is 15.0. The Kier molecular flexibility index (Phi) is 11.9. The highest BCUT2D eigenvalue weighted by Gasteiger charge is 2.30. The van der Waals surface area contributed by atoms with E-state index in [0.29, 0.717) is 5.75 Å². The van der Waals surface area contributed by atoms with E-state index in [4.69, 9.17) is 10.8 Å². The van der Waals surface area contributed by atoms with Crippen LogP contribution in [-0.2, 0) is 24.0 Å². The maximum absolute atomic E-state index is 12.5. The molecule has 7 N–H and O–H groups in total. The molecule has 0 aliphatic heterocycles. The fourth-order valence-electron chi connectivity index (χ4n) is 2.23. The number of nitrogens with one attached hydrogen (secondary N) is 3. The first kappa shape index (κ1) is 26.7. The summed E-state index contributed by atoms with van der Waals surface area (Å²) in [5.74, 6) is -4.40. The smallest absolute Gasteiger partial charge is 0.326 e. The Labute approximate surface area is 173 Å². The highest BCUT2D eigenvalue weighted by atomic mass is 32.2. The van der Waals surface area contributed by atoms with Crippen LogP contribution in [0.15, 0.2) is 0 Å². The SMILES string of the molecule is CSCCC(NC(=O)C(NC(=O)C(C)NC(=O)C(N)CC(=O)O)C(C)C)C(=O)O. The third-order valence-electron chi connectivity index (χ3n) is 3.96. The number of nitrogens with two attached hydrogens (primary N) is 1. The minimum Gasteiger partial charge on any atom is -0.481 e. The van der Waals surface area contributed by atoms with Gasteiger partial charge in [0.15, 0.2) is 0 Å². The van der Waals surface area contributed by atoms with E-state index in [9.17, 15) is 29.1 Å². The van der Waals surface area contributed by atoms with E-state index in [-0.39, 0.29) is 12.3 Å². The Morgan fingerprint density at radius 3 is 1.97 bits per heavy atom. The molecular formula is C17H30N4O7S. The van der Waals surface area contributed by atoms with Crippen LogP contribution in [0.5, 0.6) is 0 Å². The fraction of sp³-hybridized carbons (Fsp3) is 0.706. The van der Waals surface area contributed by atoms with Gasteiger partial charge in [-0.2, -0.15) is 11.8 Å². The summed E-state index contributed by atoms with van der Waals surface area (Å²) in [6.07, 6.45) is 1.45. The number of aliphatic carboxylic acids is 2. The number of amides is 3. The molecule has 3 amide bonds. The molecule has 12 heteroatoms. The second kappa shape index (κ2) is 13.0. The maximum Gasteiger partial charge on any atom is 0.326 e. The number of hydrogen-bond acceptors (Lipinski definition) is 7. The molecule has 0 heterocycles. The van der Waals surface area contributed by atoms with Gasteiger partial charge in [0.05, 0.1) is 12.5 Å². The first-order valence-electron chi connectivity index (χ1n) is 9.00. The second-order valence-electron chi connectivity index (χ2n) is 6.85. The van der Waals surface area contributed by atoms with Crippen LogP contribution in [0.25, 0.3) is 0 Å². The number of carbonyl (C=O) groups is 5. The van der Waals surface area contributed by atoms with Gasteiger partial charge in [-0.3, -0.25) is 19.2 Å². The van der Waals surface area contributed by atoms with Crippen molar-refractivity contribution in [1.82, 2.24) is 16.0 Å². The van der Waals surface area contributed by atoms with Gasteiger partial charge in [0.2, 0.25) is 17.7 Å². The molecule has 0 fully saturated rings. The minimum atomic E-state index is -1.32. The van der Waals surface area contributed by atoms with E-state index in [1.807, 2.05) is 6.26 Å². The predicted molar refractivity (Wildman–Crippen MR) is 107 cm³/mol. The second-order valence-corrected chi connectivity index (χ2v) is 7.83. The summed E-state index contributed by atoms with van der Waals surface area (Å²) < 4.78 is 0. The van der Waals surface area contributed by atoms with E-state index in [1.54, 1.807) is 13.8 Å². The lowest BCUT2D eigenvalue weighted by Crippen LogP contribution is -2.57. The van der Waals surface area contributed by atoms with Gasteiger partial charge in [0.1, 0.15) is 18.1 Å². The largest absolute Gasteiger partial charge is 0.481 e. The average Bonchev–Trinajstić information content (AvgIpc) is 2.61. The van der Waals surface area contributed by atoms with Crippen molar-refractivity contribution in [2.75, 3.05) is 12.0 Å². The monoisotopic (exact) mass is 434 g/mol. The molecule has 0 bridgehead atoms. The summed E-state index contributed by atoms with van der Waals surface area (Å²) >= 11 is 1.44.